The molecule has 0 spiro atoms. The monoisotopic (exact) mass is 552 g/mol. The lowest BCUT2D eigenvalue weighted by Crippen LogP contribution is -2.39. The fourth-order valence-corrected chi connectivity index (χ4v) is 5.52. The van der Waals surface area contributed by atoms with Gasteiger partial charge in [-0.2, -0.15) is 14.4 Å². The smallest absolute Gasteiger partial charge is 0.278 e. The van der Waals surface area contributed by atoms with Crippen molar-refractivity contribution in [2.24, 2.45) is 7.05 Å². The van der Waals surface area contributed by atoms with Gasteiger partial charge in [0, 0.05) is 57.2 Å². The van der Waals surface area contributed by atoms with Gasteiger partial charge >= 0.3 is 0 Å². The predicted molar refractivity (Wildman–Crippen MR) is 137 cm³/mol. The van der Waals surface area contributed by atoms with E-state index in [4.69, 9.17) is 24.7 Å². The molecule has 2 aliphatic rings. The molecule has 0 radical (unpaired) electrons. The van der Waals surface area contributed by atoms with E-state index in [1.807, 2.05) is 18.1 Å². The lowest BCUT2D eigenvalue weighted by Gasteiger charge is -2.33. The number of carbonyl (C=O) groups excluding carboxylic acids is 1. The lowest BCUT2D eigenvalue weighted by molar-refractivity contribution is -0.124. The van der Waals surface area contributed by atoms with Crippen molar-refractivity contribution in [1.29, 1.82) is 0 Å². The number of ketones is 1. The van der Waals surface area contributed by atoms with E-state index in [9.17, 15) is 16.5 Å². The number of morpholine rings is 1. The second-order valence-electron chi connectivity index (χ2n) is 9.74. The summed E-state index contributed by atoms with van der Waals surface area (Å²) in [6.45, 7) is 4.80. The van der Waals surface area contributed by atoms with Gasteiger partial charge in [0.1, 0.15) is 17.4 Å². The Morgan fingerprint density at radius 1 is 1.18 bits per heavy atom. The van der Waals surface area contributed by atoms with Crippen LogP contribution in [-0.2, 0) is 23.0 Å². The maximum Gasteiger partial charge on any atom is 0.278 e. The van der Waals surface area contributed by atoms with Crippen LogP contribution in [0.1, 0.15) is 60.9 Å². The van der Waals surface area contributed by atoms with Gasteiger partial charge in [0.15, 0.2) is 5.65 Å². The molecule has 4 heterocycles. The summed E-state index contributed by atoms with van der Waals surface area (Å²) in [6.07, 6.45) is 4.97. The zero-order valence-electron chi connectivity index (χ0n) is 21.6. The van der Waals surface area contributed by atoms with Gasteiger partial charge in [-0.3, -0.25) is 9.48 Å². The van der Waals surface area contributed by atoms with Crippen LogP contribution < -0.4 is 4.90 Å². The standard InChI is InChI=1S/C24H31F3N8O2S/c1-4-35(38(25,26)27)7-5-6-19-15(2)29-23-22(30-19)21(16-10-18(36)11-16)31-24(32-23)34-8-9-37-20(14-34)17-12-28-33(3)13-17/h12-13,16,20H,4-11,14H2,1-3H3/t20-/m1/s1. The second-order valence-corrected chi connectivity index (χ2v) is 11.0. The molecular weight excluding hydrogens is 521 g/mol. The molecule has 14 heteroatoms. The molecule has 1 saturated heterocycles. The van der Waals surface area contributed by atoms with Crippen molar-refractivity contribution in [3.63, 3.8) is 0 Å². The van der Waals surface area contributed by atoms with Crippen molar-refractivity contribution >= 4 is 34.3 Å². The van der Waals surface area contributed by atoms with E-state index in [2.05, 4.69) is 5.10 Å². The molecule has 206 valence electrons. The average molecular weight is 553 g/mol. The molecule has 10 nitrogen and oxygen atoms in total. The van der Waals surface area contributed by atoms with Crippen LogP contribution in [0.2, 0.25) is 0 Å². The van der Waals surface area contributed by atoms with Crippen molar-refractivity contribution < 1.29 is 21.2 Å². The number of halogens is 3. The van der Waals surface area contributed by atoms with E-state index in [-0.39, 0.29) is 30.9 Å². The van der Waals surface area contributed by atoms with Crippen LogP contribution in [0.25, 0.3) is 11.2 Å². The molecular formula is C24H31F3N8O2S. The maximum absolute atomic E-state index is 13.2. The zero-order chi connectivity index (χ0) is 27.0. The number of rotatable bonds is 9. The summed E-state index contributed by atoms with van der Waals surface area (Å²) in [5, 5.41) is 4.24. The van der Waals surface area contributed by atoms with Gasteiger partial charge in [0.25, 0.3) is 11.4 Å². The molecule has 0 N–H and O–H groups in total. The van der Waals surface area contributed by atoms with Crippen molar-refractivity contribution in [2.45, 2.75) is 51.6 Å². The SMILES string of the molecule is CCN(CCCc1nc2c(C3CC(=O)C3)nc(N3CCO[C@@H](c4cnn(C)c4)C3)nc2nc1C)S(F)(F)F. The predicted octanol–water partition coefficient (Wildman–Crippen LogP) is 4.11. The highest BCUT2D eigenvalue weighted by Crippen LogP contribution is 2.56. The first-order valence-electron chi connectivity index (χ1n) is 12.7. The van der Waals surface area contributed by atoms with Gasteiger partial charge in [-0.15, -0.1) is 11.7 Å². The van der Waals surface area contributed by atoms with Crippen LogP contribution >= 0.6 is 11.4 Å². The summed E-state index contributed by atoms with van der Waals surface area (Å²) in [7, 11) is 1.86. The summed E-state index contributed by atoms with van der Waals surface area (Å²) in [6, 6.07) is 0. The molecule has 3 aromatic rings. The van der Waals surface area contributed by atoms with Crippen LogP contribution in [0.5, 0.6) is 0 Å². The first-order chi connectivity index (χ1) is 18.1. The normalized spacial score (nSPS) is 19.4. The minimum Gasteiger partial charge on any atom is -0.370 e. The van der Waals surface area contributed by atoms with E-state index in [1.165, 1.54) is 6.92 Å². The number of Topliss-reactive ketones (excluding diaryl/α,β-unsaturated/α-hetero) is 1. The molecule has 3 aromatic heterocycles. The first kappa shape index (κ1) is 26.8. The summed E-state index contributed by atoms with van der Waals surface area (Å²) in [5.74, 6) is 0.606. The Bertz CT molecular complexity index is 1330. The highest BCUT2D eigenvalue weighted by atomic mass is 32.3. The molecule has 0 amide bonds. The van der Waals surface area contributed by atoms with Crippen LogP contribution in [-0.4, -0.2) is 72.6 Å². The molecule has 5 rings (SSSR count). The van der Waals surface area contributed by atoms with Gasteiger partial charge in [0.2, 0.25) is 5.95 Å². The number of carbonyl (C=O) groups is 1. The molecule has 0 aromatic carbocycles. The number of ether oxygens (including phenoxy) is 1. The second kappa shape index (κ2) is 10.7. The number of hydrogen-bond donors (Lipinski definition) is 0. The van der Waals surface area contributed by atoms with Crippen molar-refractivity contribution in [3.05, 3.63) is 35.0 Å². The third kappa shape index (κ3) is 5.61. The van der Waals surface area contributed by atoms with Crippen LogP contribution in [0.4, 0.5) is 17.6 Å². The van der Waals surface area contributed by atoms with E-state index >= 15 is 0 Å². The Hall–Kier alpha value is -2.84. The van der Waals surface area contributed by atoms with E-state index in [0.29, 0.717) is 83.9 Å². The summed E-state index contributed by atoms with van der Waals surface area (Å²) >= 11 is -5.24. The third-order valence-electron chi connectivity index (χ3n) is 7.07. The van der Waals surface area contributed by atoms with Gasteiger partial charge in [-0.05, 0) is 19.8 Å². The number of aromatic nitrogens is 6. The highest BCUT2D eigenvalue weighted by molar-refractivity contribution is 8.18. The number of aryl methyl sites for hydroxylation is 3. The van der Waals surface area contributed by atoms with Gasteiger partial charge < -0.3 is 9.64 Å². The number of anilines is 1. The molecule has 1 aliphatic heterocycles. The van der Waals surface area contributed by atoms with Crippen LogP contribution in [0.15, 0.2) is 12.4 Å². The topological polar surface area (TPSA) is 102 Å². The Morgan fingerprint density at radius 3 is 2.63 bits per heavy atom. The maximum atomic E-state index is 13.2. The summed E-state index contributed by atoms with van der Waals surface area (Å²) in [5.41, 5.74) is 3.88. The number of nitrogens with zero attached hydrogens (tertiary/aromatic N) is 8. The zero-order valence-corrected chi connectivity index (χ0v) is 22.4. The van der Waals surface area contributed by atoms with Gasteiger partial charge in [-0.25, -0.2) is 15.0 Å². The minimum absolute atomic E-state index is 0.0686. The number of hydrogen-bond acceptors (Lipinski definition) is 9. The fourth-order valence-electron chi connectivity index (χ4n) is 4.89. The Labute approximate surface area is 220 Å². The summed E-state index contributed by atoms with van der Waals surface area (Å²) < 4.78 is 47.8. The Balaban J connectivity index is 1.43. The molecule has 1 aliphatic carbocycles. The van der Waals surface area contributed by atoms with Crippen LogP contribution in [0.3, 0.4) is 0 Å². The Morgan fingerprint density at radius 2 is 1.97 bits per heavy atom. The molecule has 0 unspecified atom stereocenters. The number of fused-ring (bicyclic) bond motifs is 1. The minimum atomic E-state index is -5.24. The van der Waals surface area contributed by atoms with E-state index in [0.717, 1.165) is 5.56 Å². The molecule has 0 bridgehead atoms. The van der Waals surface area contributed by atoms with Crippen molar-refractivity contribution in [3.8, 4) is 0 Å². The van der Waals surface area contributed by atoms with E-state index in [1.54, 1.807) is 17.8 Å². The van der Waals surface area contributed by atoms with Crippen LogP contribution in [0, 0.1) is 6.92 Å². The summed E-state index contributed by atoms with van der Waals surface area (Å²) in [4.78, 5) is 33.0. The molecule has 1 saturated carbocycles. The van der Waals surface area contributed by atoms with Gasteiger partial charge in [-0.1, -0.05) is 6.92 Å². The quantitative estimate of drug-likeness (QED) is 0.388. The highest BCUT2D eigenvalue weighted by Gasteiger charge is 2.34. The molecule has 38 heavy (non-hydrogen) atoms. The third-order valence-corrected chi connectivity index (χ3v) is 8.09. The van der Waals surface area contributed by atoms with Crippen molar-refractivity contribution in [1.82, 2.24) is 34.0 Å². The van der Waals surface area contributed by atoms with E-state index < -0.39 is 11.4 Å². The molecule has 2 fully saturated rings. The average Bonchev–Trinajstić information content (AvgIpc) is 3.30. The fraction of sp³-hybridized carbons (Fsp3) is 0.583. The lowest BCUT2D eigenvalue weighted by atomic mass is 9.81. The van der Waals surface area contributed by atoms with Gasteiger partial charge in [0.05, 0.1) is 36.4 Å². The Kier molecular flexibility index (Phi) is 7.56. The molecule has 1 atom stereocenters. The first-order valence-corrected chi connectivity index (χ1v) is 14.0. The van der Waals surface area contributed by atoms with Crippen molar-refractivity contribution in [2.75, 3.05) is 37.7 Å². The largest absolute Gasteiger partial charge is 0.370 e.